The van der Waals surface area contributed by atoms with Gasteiger partial charge in [0.2, 0.25) is 0 Å². The van der Waals surface area contributed by atoms with Gasteiger partial charge in [0.25, 0.3) is 0 Å². The van der Waals surface area contributed by atoms with Crippen molar-refractivity contribution in [3.05, 3.63) is 29.3 Å². The molecule has 1 saturated carbocycles. The van der Waals surface area contributed by atoms with Crippen LogP contribution in [0.25, 0.3) is 0 Å². The van der Waals surface area contributed by atoms with Gasteiger partial charge < -0.3 is 14.4 Å². The van der Waals surface area contributed by atoms with Crippen molar-refractivity contribution in [1.29, 1.82) is 5.26 Å². The quantitative estimate of drug-likeness (QED) is 0.774. The summed E-state index contributed by atoms with van der Waals surface area (Å²) in [4.78, 5) is 14.5. The van der Waals surface area contributed by atoms with Crippen molar-refractivity contribution in [3.63, 3.8) is 0 Å². The molecule has 2 bridgehead atoms. The number of rotatable bonds is 2. The Morgan fingerprint density at radius 1 is 1.32 bits per heavy atom. The third-order valence-electron chi connectivity index (χ3n) is 6.88. The van der Waals surface area contributed by atoms with Gasteiger partial charge in [-0.3, -0.25) is 4.79 Å². The molecule has 0 radical (unpaired) electrons. The monoisotopic (exact) mass is 340 g/mol. The van der Waals surface area contributed by atoms with E-state index in [1.54, 1.807) is 14.2 Å². The molecule has 0 N–H and O–H groups in total. The smallest absolute Gasteiger partial charge is 0.179 e. The van der Waals surface area contributed by atoms with E-state index >= 15 is 0 Å². The molecule has 0 aromatic heterocycles. The summed E-state index contributed by atoms with van der Waals surface area (Å²) in [5.41, 5.74) is 1.49. The first-order chi connectivity index (χ1) is 12.0. The number of likely N-dealkylation sites (tertiary alicyclic amines) is 1. The Bertz CT molecular complexity index is 771. The standard InChI is InChI=1S/C20H24N2O3/c1-13-8-15(23)11-19-6-7-22(12-21)18(20(13,19)25-3)9-14-4-5-16(24-2)10-17(14)19/h4-5,10,13,18H,6-9,11H2,1-3H3/t13-,18-,19-,20?/m1/s1. The average molecular weight is 340 g/mol. The van der Waals surface area contributed by atoms with Crippen molar-refractivity contribution in [2.45, 2.75) is 49.7 Å². The number of ketones is 1. The topological polar surface area (TPSA) is 62.6 Å². The number of methoxy groups -OCH3 is 2. The summed E-state index contributed by atoms with van der Waals surface area (Å²) in [6.45, 7) is 2.78. The van der Waals surface area contributed by atoms with Crippen LogP contribution in [-0.4, -0.2) is 43.1 Å². The Balaban J connectivity index is 2.01. The number of piperidine rings is 1. The molecule has 1 aromatic carbocycles. The summed E-state index contributed by atoms with van der Waals surface area (Å²) < 4.78 is 11.7. The second-order valence-corrected chi connectivity index (χ2v) is 7.69. The van der Waals surface area contributed by atoms with Crippen LogP contribution in [0.2, 0.25) is 0 Å². The van der Waals surface area contributed by atoms with Gasteiger partial charge in [0.1, 0.15) is 17.1 Å². The number of ether oxygens (including phenoxy) is 2. The Morgan fingerprint density at radius 2 is 2.12 bits per heavy atom. The summed E-state index contributed by atoms with van der Waals surface area (Å²) in [7, 11) is 3.42. The normalized spacial score (nSPS) is 36.2. The first kappa shape index (κ1) is 16.4. The van der Waals surface area contributed by atoms with Crippen molar-refractivity contribution in [3.8, 4) is 11.9 Å². The summed E-state index contributed by atoms with van der Waals surface area (Å²) in [6, 6.07) is 6.12. The van der Waals surface area contributed by atoms with E-state index in [0.717, 1.165) is 18.6 Å². The number of hydrogen-bond acceptors (Lipinski definition) is 5. The highest BCUT2D eigenvalue weighted by atomic mass is 16.5. The molecule has 0 amide bonds. The number of benzene rings is 1. The highest BCUT2D eigenvalue weighted by molar-refractivity contribution is 5.83. The minimum absolute atomic E-state index is 0.0276. The van der Waals surface area contributed by atoms with Gasteiger partial charge in [-0.25, -0.2) is 0 Å². The number of Topliss-reactive ketones (excluding diaryl/α,β-unsaturated/α-hetero) is 1. The minimum Gasteiger partial charge on any atom is -0.497 e. The van der Waals surface area contributed by atoms with E-state index in [2.05, 4.69) is 25.2 Å². The van der Waals surface area contributed by atoms with Crippen LogP contribution in [-0.2, 0) is 21.4 Å². The molecule has 4 atom stereocenters. The van der Waals surface area contributed by atoms with E-state index in [4.69, 9.17) is 9.47 Å². The maximum atomic E-state index is 12.6. The van der Waals surface area contributed by atoms with E-state index in [-0.39, 0.29) is 17.4 Å². The lowest BCUT2D eigenvalue weighted by Gasteiger charge is -2.66. The van der Waals surface area contributed by atoms with Gasteiger partial charge in [-0.1, -0.05) is 13.0 Å². The van der Waals surface area contributed by atoms with Gasteiger partial charge in [-0.2, -0.15) is 5.26 Å². The lowest BCUT2D eigenvalue weighted by molar-refractivity contribution is -0.201. The molecule has 5 nitrogen and oxygen atoms in total. The fourth-order valence-corrected chi connectivity index (χ4v) is 6.01. The summed E-state index contributed by atoms with van der Waals surface area (Å²) >= 11 is 0. The average Bonchev–Trinajstić information content (AvgIpc) is 2.61. The molecule has 0 spiro atoms. The van der Waals surface area contributed by atoms with Gasteiger partial charge in [0, 0.05) is 31.9 Å². The number of fused-ring (bicyclic) bond motifs is 1. The fourth-order valence-electron chi connectivity index (χ4n) is 6.01. The highest BCUT2D eigenvalue weighted by Crippen LogP contribution is 2.61. The zero-order valence-corrected chi connectivity index (χ0v) is 15.0. The number of carbonyl (C=O) groups excluding carboxylic acids is 1. The SMILES string of the molecule is COc1ccc2c(c1)[C@]13CCN(C#N)[C@H](C2)C1(OC)[C@H](C)CC(=O)C3. The van der Waals surface area contributed by atoms with Gasteiger partial charge in [0.15, 0.2) is 6.19 Å². The molecule has 5 heteroatoms. The maximum absolute atomic E-state index is 12.6. The number of nitrogens with zero attached hydrogens (tertiary/aromatic N) is 2. The molecule has 1 heterocycles. The van der Waals surface area contributed by atoms with E-state index in [1.807, 2.05) is 11.0 Å². The zero-order chi connectivity index (χ0) is 17.8. The molecule has 1 aromatic rings. The second kappa shape index (κ2) is 5.47. The van der Waals surface area contributed by atoms with E-state index < -0.39 is 5.60 Å². The molecular weight excluding hydrogens is 316 g/mol. The van der Waals surface area contributed by atoms with Crippen molar-refractivity contribution in [1.82, 2.24) is 4.90 Å². The molecule has 25 heavy (non-hydrogen) atoms. The predicted molar refractivity (Wildman–Crippen MR) is 92.2 cm³/mol. The molecule has 4 rings (SSSR count). The number of nitriles is 1. The van der Waals surface area contributed by atoms with E-state index in [9.17, 15) is 10.1 Å². The number of carbonyl (C=O) groups is 1. The highest BCUT2D eigenvalue weighted by Gasteiger charge is 2.68. The van der Waals surface area contributed by atoms with Crippen LogP contribution >= 0.6 is 0 Å². The molecular formula is C20H24N2O3. The summed E-state index contributed by atoms with van der Waals surface area (Å²) in [6.07, 6.45) is 4.90. The van der Waals surface area contributed by atoms with Crippen molar-refractivity contribution in [2.24, 2.45) is 5.92 Å². The van der Waals surface area contributed by atoms with Crippen LogP contribution in [0.15, 0.2) is 18.2 Å². The van der Waals surface area contributed by atoms with E-state index in [1.165, 1.54) is 11.1 Å². The summed E-state index contributed by atoms with van der Waals surface area (Å²) in [5.74, 6) is 1.17. The van der Waals surface area contributed by atoms with Crippen LogP contribution in [0.4, 0.5) is 0 Å². The van der Waals surface area contributed by atoms with Gasteiger partial charge >= 0.3 is 0 Å². The van der Waals surface area contributed by atoms with Gasteiger partial charge in [0.05, 0.1) is 13.2 Å². The van der Waals surface area contributed by atoms with Crippen LogP contribution < -0.4 is 4.74 Å². The third-order valence-corrected chi connectivity index (χ3v) is 6.88. The Kier molecular flexibility index (Phi) is 3.59. The zero-order valence-electron chi connectivity index (χ0n) is 15.0. The Morgan fingerprint density at radius 3 is 2.80 bits per heavy atom. The lowest BCUT2D eigenvalue weighted by atomic mass is 9.46. The largest absolute Gasteiger partial charge is 0.497 e. The van der Waals surface area contributed by atoms with Crippen LogP contribution in [0.1, 0.15) is 37.3 Å². The number of hydrogen-bond donors (Lipinski definition) is 0. The fraction of sp³-hybridized carbons (Fsp3) is 0.600. The van der Waals surface area contributed by atoms with Crippen molar-refractivity contribution >= 4 is 5.78 Å². The molecule has 132 valence electrons. The minimum atomic E-state index is -0.520. The molecule has 1 aliphatic heterocycles. The molecule has 2 aliphatic carbocycles. The predicted octanol–water partition coefficient (Wildman–Crippen LogP) is 2.43. The first-order valence-corrected chi connectivity index (χ1v) is 8.93. The Labute approximate surface area is 148 Å². The molecule has 1 saturated heterocycles. The molecule has 1 unspecified atom stereocenters. The van der Waals surface area contributed by atoms with Crippen LogP contribution in [0.5, 0.6) is 5.75 Å². The van der Waals surface area contributed by atoms with Gasteiger partial charge in [-0.15, -0.1) is 0 Å². The third kappa shape index (κ3) is 1.89. The Hall–Kier alpha value is -2.06. The molecule has 2 fully saturated rings. The maximum Gasteiger partial charge on any atom is 0.179 e. The lowest BCUT2D eigenvalue weighted by Crippen LogP contribution is -2.75. The first-order valence-electron chi connectivity index (χ1n) is 8.93. The van der Waals surface area contributed by atoms with Gasteiger partial charge in [-0.05, 0) is 42.0 Å². The summed E-state index contributed by atoms with van der Waals surface area (Å²) in [5, 5.41) is 9.70. The van der Waals surface area contributed by atoms with Crippen molar-refractivity contribution < 1.29 is 14.3 Å². The van der Waals surface area contributed by atoms with Crippen LogP contribution in [0, 0.1) is 17.4 Å². The van der Waals surface area contributed by atoms with Crippen molar-refractivity contribution in [2.75, 3.05) is 20.8 Å². The van der Waals surface area contributed by atoms with E-state index in [0.29, 0.717) is 25.2 Å². The van der Waals surface area contributed by atoms with Crippen LogP contribution in [0.3, 0.4) is 0 Å². The molecule has 3 aliphatic rings. The second-order valence-electron chi connectivity index (χ2n) is 7.69.